The van der Waals surface area contributed by atoms with Crippen molar-refractivity contribution in [2.24, 2.45) is 5.41 Å². The maximum absolute atomic E-state index is 9.91. The van der Waals surface area contributed by atoms with Crippen LogP contribution in [-0.4, -0.2) is 11.7 Å². The van der Waals surface area contributed by atoms with Crippen LogP contribution in [0.25, 0.3) is 0 Å². The summed E-state index contributed by atoms with van der Waals surface area (Å²) in [4.78, 5) is 0. The van der Waals surface area contributed by atoms with Gasteiger partial charge in [-0.1, -0.05) is 56.6 Å². The Hall–Kier alpha value is -2.75. The van der Waals surface area contributed by atoms with Gasteiger partial charge in [-0.3, -0.25) is 0 Å². The SMILES string of the molecule is CCOc1cc([C@H]2NC(=S)NC(C(C)(C)C)=C2C#N)ccc1OCc1ccccc1Cl. The van der Waals surface area contributed by atoms with Gasteiger partial charge in [0.25, 0.3) is 0 Å². The molecular formula is C24H26ClN3O2S. The van der Waals surface area contributed by atoms with Crippen LogP contribution in [0.4, 0.5) is 0 Å². The smallest absolute Gasteiger partial charge is 0.171 e. The lowest BCUT2D eigenvalue weighted by Gasteiger charge is -2.35. The number of allylic oxidation sites excluding steroid dienone is 1. The number of nitriles is 1. The highest BCUT2D eigenvalue weighted by Crippen LogP contribution is 2.38. The van der Waals surface area contributed by atoms with E-state index >= 15 is 0 Å². The lowest BCUT2D eigenvalue weighted by atomic mass is 9.84. The Kier molecular flexibility index (Phi) is 7.09. The Morgan fingerprint density at radius 2 is 1.87 bits per heavy atom. The molecule has 0 unspecified atom stereocenters. The van der Waals surface area contributed by atoms with Crippen molar-refractivity contribution in [2.75, 3.05) is 6.61 Å². The summed E-state index contributed by atoms with van der Waals surface area (Å²) >= 11 is 11.7. The molecule has 0 amide bonds. The number of halogens is 1. The Labute approximate surface area is 194 Å². The van der Waals surface area contributed by atoms with Crippen molar-refractivity contribution in [3.8, 4) is 17.6 Å². The van der Waals surface area contributed by atoms with E-state index in [0.29, 0.717) is 40.4 Å². The van der Waals surface area contributed by atoms with Gasteiger partial charge in [0.15, 0.2) is 16.6 Å². The number of ether oxygens (including phenoxy) is 2. The number of nitrogens with zero attached hydrogens (tertiary/aromatic N) is 1. The van der Waals surface area contributed by atoms with E-state index in [1.54, 1.807) is 0 Å². The van der Waals surface area contributed by atoms with Gasteiger partial charge in [0.1, 0.15) is 6.61 Å². The van der Waals surface area contributed by atoms with Gasteiger partial charge >= 0.3 is 0 Å². The Balaban J connectivity index is 1.95. The lowest BCUT2D eigenvalue weighted by molar-refractivity contribution is 0.269. The average molecular weight is 456 g/mol. The molecule has 1 aliphatic rings. The van der Waals surface area contributed by atoms with E-state index in [-0.39, 0.29) is 11.5 Å². The minimum Gasteiger partial charge on any atom is -0.490 e. The van der Waals surface area contributed by atoms with Crippen molar-refractivity contribution in [1.82, 2.24) is 10.6 Å². The van der Waals surface area contributed by atoms with Gasteiger partial charge in [-0.2, -0.15) is 5.26 Å². The Morgan fingerprint density at radius 1 is 1.13 bits per heavy atom. The first-order valence-corrected chi connectivity index (χ1v) is 10.9. The molecule has 2 aromatic carbocycles. The largest absolute Gasteiger partial charge is 0.490 e. The summed E-state index contributed by atoms with van der Waals surface area (Å²) in [7, 11) is 0. The van der Waals surface area contributed by atoms with E-state index in [9.17, 15) is 5.26 Å². The first kappa shape index (κ1) is 22.9. The third-order valence-electron chi connectivity index (χ3n) is 4.88. The number of benzene rings is 2. The molecule has 1 aliphatic heterocycles. The van der Waals surface area contributed by atoms with E-state index in [0.717, 1.165) is 16.8 Å². The number of thiocarbonyl (C=S) groups is 1. The van der Waals surface area contributed by atoms with E-state index < -0.39 is 0 Å². The zero-order valence-electron chi connectivity index (χ0n) is 18.1. The zero-order valence-corrected chi connectivity index (χ0v) is 19.7. The highest BCUT2D eigenvalue weighted by atomic mass is 35.5. The quantitative estimate of drug-likeness (QED) is 0.548. The van der Waals surface area contributed by atoms with Crippen molar-refractivity contribution in [3.05, 3.63) is 69.9 Å². The fraction of sp³-hybridized carbons (Fsp3) is 0.333. The molecule has 5 nitrogen and oxygen atoms in total. The van der Waals surface area contributed by atoms with Crippen LogP contribution in [0.2, 0.25) is 5.02 Å². The second-order valence-electron chi connectivity index (χ2n) is 8.20. The third-order valence-corrected chi connectivity index (χ3v) is 5.47. The number of nitrogens with one attached hydrogen (secondary N) is 2. The summed E-state index contributed by atoms with van der Waals surface area (Å²) < 4.78 is 11.8. The molecule has 1 heterocycles. The molecule has 2 aromatic rings. The van der Waals surface area contributed by atoms with Crippen LogP contribution < -0.4 is 20.1 Å². The summed E-state index contributed by atoms with van der Waals surface area (Å²) in [5, 5.41) is 17.4. The highest BCUT2D eigenvalue weighted by Gasteiger charge is 2.32. The molecule has 0 bridgehead atoms. The summed E-state index contributed by atoms with van der Waals surface area (Å²) in [6.45, 7) is 8.88. The number of hydrogen-bond acceptors (Lipinski definition) is 4. The molecular weight excluding hydrogens is 430 g/mol. The molecule has 0 aromatic heterocycles. The van der Waals surface area contributed by atoms with E-state index in [4.69, 9.17) is 33.3 Å². The van der Waals surface area contributed by atoms with Crippen molar-refractivity contribution < 1.29 is 9.47 Å². The zero-order chi connectivity index (χ0) is 22.6. The highest BCUT2D eigenvalue weighted by molar-refractivity contribution is 7.80. The van der Waals surface area contributed by atoms with Gasteiger partial charge in [-0.25, -0.2) is 0 Å². The molecule has 1 atom stereocenters. The Bertz CT molecular complexity index is 1050. The van der Waals surface area contributed by atoms with Crippen LogP contribution in [0.5, 0.6) is 11.5 Å². The van der Waals surface area contributed by atoms with Gasteiger partial charge in [0, 0.05) is 21.7 Å². The fourth-order valence-corrected chi connectivity index (χ4v) is 3.80. The monoisotopic (exact) mass is 455 g/mol. The minimum absolute atomic E-state index is 0.254. The van der Waals surface area contributed by atoms with Gasteiger partial charge < -0.3 is 20.1 Å². The average Bonchev–Trinajstić information content (AvgIpc) is 2.73. The third kappa shape index (κ3) is 5.30. The van der Waals surface area contributed by atoms with Gasteiger partial charge in [-0.05, 0) is 42.9 Å². The lowest BCUT2D eigenvalue weighted by Crippen LogP contribution is -2.46. The standard InChI is InChI=1S/C24H26ClN3O2S/c1-5-29-20-12-15(10-11-19(20)30-14-16-8-6-7-9-18(16)25)21-17(13-26)22(24(2,3)4)28-23(31)27-21/h6-12,21H,5,14H2,1-4H3,(H2,27,28,31)/t21-/m1/s1. The van der Waals surface area contributed by atoms with E-state index in [2.05, 4.69) is 37.5 Å². The predicted octanol–water partition coefficient (Wildman–Crippen LogP) is 5.66. The first-order valence-electron chi connectivity index (χ1n) is 10.1. The molecule has 0 spiro atoms. The second-order valence-corrected chi connectivity index (χ2v) is 9.02. The van der Waals surface area contributed by atoms with Crippen LogP contribution in [0.1, 0.15) is 44.9 Å². The predicted molar refractivity (Wildman–Crippen MR) is 127 cm³/mol. The topological polar surface area (TPSA) is 66.3 Å². The molecule has 0 radical (unpaired) electrons. The minimum atomic E-state index is -0.371. The van der Waals surface area contributed by atoms with Crippen molar-refractivity contribution in [1.29, 1.82) is 5.26 Å². The summed E-state index contributed by atoms with van der Waals surface area (Å²) in [6.07, 6.45) is 0. The number of hydrogen-bond donors (Lipinski definition) is 2. The van der Waals surface area contributed by atoms with Crippen LogP contribution in [-0.2, 0) is 6.61 Å². The maximum Gasteiger partial charge on any atom is 0.171 e. The molecule has 31 heavy (non-hydrogen) atoms. The summed E-state index contributed by atoms with van der Waals surface area (Å²) in [5.41, 5.74) is 2.94. The molecule has 2 N–H and O–H groups in total. The van der Waals surface area contributed by atoms with Crippen LogP contribution >= 0.6 is 23.8 Å². The molecule has 0 saturated heterocycles. The molecule has 0 fully saturated rings. The maximum atomic E-state index is 9.91. The van der Waals surface area contributed by atoms with Crippen LogP contribution in [0.15, 0.2) is 53.7 Å². The van der Waals surface area contributed by atoms with E-state index in [1.165, 1.54) is 0 Å². The molecule has 7 heteroatoms. The van der Waals surface area contributed by atoms with Gasteiger partial charge in [-0.15, -0.1) is 0 Å². The van der Waals surface area contributed by atoms with Crippen molar-refractivity contribution >= 4 is 28.9 Å². The van der Waals surface area contributed by atoms with Gasteiger partial charge in [0.05, 0.1) is 24.3 Å². The molecule has 3 rings (SSSR count). The first-order chi connectivity index (χ1) is 14.7. The Morgan fingerprint density at radius 3 is 2.52 bits per heavy atom. The number of rotatable bonds is 6. The summed E-state index contributed by atoms with van der Waals surface area (Å²) in [5.74, 6) is 1.22. The van der Waals surface area contributed by atoms with E-state index in [1.807, 2.05) is 49.4 Å². The summed E-state index contributed by atoms with van der Waals surface area (Å²) in [6, 6.07) is 15.2. The fourth-order valence-electron chi connectivity index (χ4n) is 3.39. The van der Waals surface area contributed by atoms with Gasteiger partial charge in [0.2, 0.25) is 0 Å². The normalized spacial score (nSPS) is 16.3. The molecule has 0 aliphatic carbocycles. The second kappa shape index (κ2) is 9.59. The molecule has 162 valence electrons. The van der Waals surface area contributed by atoms with Crippen molar-refractivity contribution in [3.63, 3.8) is 0 Å². The molecule has 0 saturated carbocycles. The van der Waals surface area contributed by atoms with Crippen molar-refractivity contribution in [2.45, 2.75) is 40.3 Å². The van der Waals surface area contributed by atoms with Crippen LogP contribution in [0, 0.1) is 16.7 Å². The van der Waals surface area contributed by atoms with Crippen LogP contribution in [0.3, 0.4) is 0 Å².